The van der Waals surface area contributed by atoms with Crippen LogP contribution in [-0.2, 0) is 10.2 Å². The third-order valence-electron chi connectivity index (χ3n) is 4.62. The summed E-state index contributed by atoms with van der Waals surface area (Å²) in [5.74, 6) is 0.418. The molecule has 0 atom stereocenters. The molecule has 0 unspecified atom stereocenters. The highest BCUT2D eigenvalue weighted by atomic mass is 16.5. The predicted octanol–water partition coefficient (Wildman–Crippen LogP) is 4.37. The van der Waals surface area contributed by atoms with E-state index in [4.69, 9.17) is 4.74 Å². The molecule has 27 heavy (non-hydrogen) atoms. The molecule has 0 spiro atoms. The zero-order valence-corrected chi connectivity index (χ0v) is 16.3. The molecule has 0 aromatic heterocycles. The lowest BCUT2D eigenvalue weighted by molar-refractivity contribution is -0.121. The molecule has 0 aliphatic carbocycles. The van der Waals surface area contributed by atoms with E-state index in [9.17, 15) is 9.59 Å². The maximum Gasteiger partial charge on any atom is 0.265 e. The van der Waals surface area contributed by atoms with Gasteiger partial charge in [0.25, 0.3) is 11.8 Å². The van der Waals surface area contributed by atoms with Crippen molar-refractivity contribution >= 4 is 23.2 Å². The van der Waals surface area contributed by atoms with Gasteiger partial charge in [0, 0.05) is 17.8 Å². The normalized spacial score (nSPS) is 13.8. The number of carbonyl (C=O) groups excluding carboxylic acids is 2. The van der Waals surface area contributed by atoms with Gasteiger partial charge in [-0.3, -0.25) is 9.59 Å². The Morgan fingerprint density at radius 1 is 1.15 bits per heavy atom. The molecule has 5 nitrogen and oxygen atoms in total. The Balaban J connectivity index is 1.80. The number of hydrogen-bond donors (Lipinski definition) is 1. The minimum absolute atomic E-state index is 0.0444. The highest BCUT2D eigenvalue weighted by molar-refractivity contribution is 6.05. The van der Waals surface area contributed by atoms with Gasteiger partial charge >= 0.3 is 0 Å². The number of anilines is 2. The third-order valence-corrected chi connectivity index (χ3v) is 4.62. The average molecular weight is 366 g/mol. The van der Waals surface area contributed by atoms with E-state index in [0.717, 1.165) is 6.42 Å². The largest absolute Gasteiger partial charge is 0.482 e. The summed E-state index contributed by atoms with van der Waals surface area (Å²) in [7, 11) is 0. The van der Waals surface area contributed by atoms with Crippen LogP contribution in [0, 0.1) is 0 Å². The fraction of sp³-hybridized carbons (Fsp3) is 0.364. The number of nitrogens with one attached hydrogen (secondary N) is 1. The first-order chi connectivity index (χ1) is 12.8. The molecular formula is C22H26N2O3. The molecule has 0 saturated heterocycles. The van der Waals surface area contributed by atoms with Gasteiger partial charge in [-0.2, -0.15) is 0 Å². The molecule has 1 N–H and O–H groups in total. The van der Waals surface area contributed by atoms with Crippen LogP contribution in [0.4, 0.5) is 11.4 Å². The van der Waals surface area contributed by atoms with Gasteiger partial charge in [0.2, 0.25) is 0 Å². The van der Waals surface area contributed by atoms with E-state index in [0.29, 0.717) is 29.2 Å². The van der Waals surface area contributed by atoms with E-state index in [1.165, 1.54) is 5.56 Å². The van der Waals surface area contributed by atoms with E-state index in [1.807, 2.05) is 31.2 Å². The van der Waals surface area contributed by atoms with Crippen molar-refractivity contribution in [2.75, 3.05) is 23.4 Å². The highest BCUT2D eigenvalue weighted by Gasteiger charge is 2.25. The number of benzene rings is 2. The Bertz CT molecular complexity index is 851. The maximum atomic E-state index is 12.6. The minimum Gasteiger partial charge on any atom is -0.482 e. The van der Waals surface area contributed by atoms with Crippen LogP contribution < -0.4 is 15.0 Å². The van der Waals surface area contributed by atoms with Gasteiger partial charge in [-0.05, 0) is 47.7 Å². The molecule has 0 radical (unpaired) electrons. The molecule has 0 bridgehead atoms. The Labute approximate surface area is 160 Å². The van der Waals surface area contributed by atoms with Crippen molar-refractivity contribution in [3.8, 4) is 5.75 Å². The van der Waals surface area contributed by atoms with Crippen LogP contribution in [0.3, 0.4) is 0 Å². The summed E-state index contributed by atoms with van der Waals surface area (Å²) in [6, 6.07) is 13.0. The Kier molecular flexibility index (Phi) is 5.22. The van der Waals surface area contributed by atoms with Gasteiger partial charge in [-0.15, -0.1) is 0 Å². The smallest absolute Gasteiger partial charge is 0.265 e. The molecule has 2 aromatic rings. The van der Waals surface area contributed by atoms with Crippen molar-refractivity contribution in [2.24, 2.45) is 0 Å². The van der Waals surface area contributed by atoms with Crippen molar-refractivity contribution in [1.82, 2.24) is 0 Å². The first kappa shape index (κ1) is 19.0. The van der Waals surface area contributed by atoms with E-state index < -0.39 is 0 Å². The molecule has 1 aliphatic heterocycles. The molecule has 3 rings (SSSR count). The topological polar surface area (TPSA) is 58.6 Å². The van der Waals surface area contributed by atoms with E-state index >= 15 is 0 Å². The standard InChI is InChI=1S/C22H26N2O3/c1-5-12-24-18-13-17(10-11-19(18)27-14-20(24)25)23-21(26)15-6-8-16(9-7-15)22(2,3)4/h6-11,13H,5,12,14H2,1-4H3,(H,23,26). The number of carbonyl (C=O) groups is 2. The summed E-state index contributed by atoms with van der Waals surface area (Å²) in [6.07, 6.45) is 0.849. The van der Waals surface area contributed by atoms with E-state index in [1.54, 1.807) is 23.1 Å². The van der Waals surface area contributed by atoms with Gasteiger partial charge in [-0.1, -0.05) is 39.8 Å². The SMILES string of the molecule is CCCN1C(=O)COc2ccc(NC(=O)c3ccc(C(C)(C)C)cc3)cc21. The first-order valence-corrected chi connectivity index (χ1v) is 9.28. The maximum absolute atomic E-state index is 12.6. The fourth-order valence-electron chi connectivity index (χ4n) is 3.07. The number of fused-ring (bicyclic) bond motifs is 1. The summed E-state index contributed by atoms with van der Waals surface area (Å²) in [4.78, 5) is 26.4. The average Bonchev–Trinajstić information content (AvgIpc) is 2.63. The van der Waals surface area contributed by atoms with Crippen LogP contribution in [-0.4, -0.2) is 25.0 Å². The Hall–Kier alpha value is -2.82. The molecule has 5 heteroatoms. The minimum atomic E-state index is -0.180. The van der Waals surface area contributed by atoms with Crippen LogP contribution in [0.5, 0.6) is 5.75 Å². The Morgan fingerprint density at radius 2 is 1.85 bits per heavy atom. The van der Waals surface area contributed by atoms with Crippen LogP contribution in [0.15, 0.2) is 42.5 Å². The van der Waals surface area contributed by atoms with Crippen molar-refractivity contribution in [3.63, 3.8) is 0 Å². The number of amides is 2. The monoisotopic (exact) mass is 366 g/mol. The summed E-state index contributed by atoms with van der Waals surface area (Å²) >= 11 is 0. The molecule has 0 fully saturated rings. The van der Waals surface area contributed by atoms with Gasteiger partial charge < -0.3 is 15.0 Å². The molecule has 142 valence electrons. The molecule has 1 aliphatic rings. The fourth-order valence-corrected chi connectivity index (χ4v) is 3.07. The zero-order valence-electron chi connectivity index (χ0n) is 16.3. The summed E-state index contributed by atoms with van der Waals surface area (Å²) < 4.78 is 5.50. The summed E-state index contributed by atoms with van der Waals surface area (Å²) in [6.45, 7) is 9.12. The van der Waals surface area contributed by atoms with Gasteiger partial charge in [0.05, 0.1) is 5.69 Å². The van der Waals surface area contributed by atoms with E-state index in [-0.39, 0.29) is 23.8 Å². The zero-order chi connectivity index (χ0) is 19.6. The van der Waals surface area contributed by atoms with Crippen molar-refractivity contribution in [1.29, 1.82) is 0 Å². The number of ether oxygens (including phenoxy) is 1. The molecule has 0 saturated carbocycles. The van der Waals surface area contributed by atoms with Crippen molar-refractivity contribution in [3.05, 3.63) is 53.6 Å². The van der Waals surface area contributed by atoms with Gasteiger partial charge in [0.1, 0.15) is 5.75 Å². The molecule has 1 heterocycles. The second-order valence-electron chi connectivity index (χ2n) is 7.80. The van der Waals surface area contributed by atoms with Gasteiger partial charge in [-0.25, -0.2) is 0 Å². The summed E-state index contributed by atoms with van der Waals surface area (Å²) in [5, 5.41) is 2.91. The van der Waals surface area contributed by atoms with E-state index in [2.05, 4.69) is 26.1 Å². The van der Waals surface area contributed by atoms with Crippen molar-refractivity contribution < 1.29 is 14.3 Å². The van der Waals surface area contributed by atoms with Crippen LogP contribution >= 0.6 is 0 Å². The lowest BCUT2D eigenvalue weighted by Crippen LogP contribution is -2.39. The number of hydrogen-bond acceptors (Lipinski definition) is 3. The molecule has 2 aromatic carbocycles. The predicted molar refractivity (Wildman–Crippen MR) is 108 cm³/mol. The number of rotatable bonds is 4. The lowest BCUT2D eigenvalue weighted by atomic mass is 9.87. The Morgan fingerprint density at radius 3 is 2.48 bits per heavy atom. The quantitative estimate of drug-likeness (QED) is 0.874. The lowest BCUT2D eigenvalue weighted by Gasteiger charge is -2.29. The van der Waals surface area contributed by atoms with Gasteiger partial charge in [0.15, 0.2) is 6.61 Å². The van der Waals surface area contributed by atoms with Crippen molar-refractivity contribution in [2.45, 2.75) is 39.5 Å². The molecular weight excluding hydrogens is 340 g/mol. The van der Waals surface area contributed by atoms with Crippen LogP contribution in [0.25, 0.3) is 0 Å². The van der Waals surface area contributed by atoms with Crippen LogP contribution in [0.1, 0.15) is 50.0 Å². The highest BCUT2D eigenvalue weighted by Crippen LogP contribution is 2.34. The van der Waals surface area contributed by atoms with Crippen LogP contribution in [0.2, 0.25) is 0 Å². The molecule has 2 amide bonds. The number of nitrogens with zero attached hydrogens (tertiary/aromatic N) is 1. The summed E-state index contributed by atoms with van der Waals surface area (Å²) in [5.41, 5.74) is 3.16. The second kappa shape index (κ2) is 7.43. The first-order valence-electron chi connectivity index (χ1n) is 9.28. The second-order valence-corrected chi connectivity index (χ2v) is 7.80. The third kappa shape index (κ3) is 4.13.